The molecule has 0 radical (unpaired) electrons. The molecule has 3 saturated heterocycles. The van der Waals surface area contributed by atoms with E-state index in [-0.39, 0.29) is 0 Å². The Kier molecular flexibility index (Phi) is 9.24. The molecule has 2 unspecified atom stereocenters. The van der Waals surface area contributed by atoms with Crippen molar-refractivity contribution in [2.75, 3.05) is 46.4 Å². The van der Waals surface area contributed by atoms with Crippen molar-refractivity contribution in [3.63, 3.8) is 0 Å². The number of likely N-dealkylation sites (tertiary alicyclic amines) is 2. The fourth-order valence-electron chi connectivity index (χ4n) is 5.28. The Balaban J connectivity index is 1.20. The van der Waals surface area contributed by atoms with Gasteiger partial charge < -0.3 is 19.7 Å². The molecule has 178 valence electrons. The van der Waals surface area contributed by atoms with E-state index in [9.17, 15) is 0 Å². The third-order valence-corrected chi connectivity index (χ3v) is 7.22. The van der Waals surface area contributed by atoms with Crippen LogP contribution in [0.4, 0.5) is 0 Å². The van der Waals surface area contributed by atoms with Gasteiger partial charge in [0.1, 0.15) is 0 Å². The number of hydrogen-bond acceptors (Lipinski definition) is 4. The van der Waals surface area contributed by atoms with E-state index in [0.717, 1.165) is 64.6 Å². The van der Waals surface area contributed by atoms with Crippen molar-refractivity contribution in [3.05, 3.63) is 35.9 Å². The molecule has 32 heavy (non-hydrogen) atoms. The van der Waals surface area contributed by atoms with Crippen molar-refractivity contribution >= 4 is 5.96 Å². The summed E-state index contributed by atoms with van der Waals surface area (Å²) in [5.41, 5.74) is 1.41. The van der Waals surface area contributed by atoms with Crippen LogP contribution in [0.15, 0.2) is 35.3 Å². The molecule has 0 spiro atoms. The number of aliphatic imine (C=N–C) groups is 1. The van der Waals surface area contributed by atoms with Crippen molar-refractivity contribution in [2.45, 2.75) is 76.2 Å². The largest absolute Gasteiger partial charge is 0.376 e. The first-order valence-electron chi connectivity index (χ1n) is 12.8. The molecule has 0 bridgehead atoms. The molecule has 1 aromatic rings. The number of nitrogens with one attached hydrogen (secondary N) is 1. The number of nitrogens with zero attached hydrogens (tertiary/aromatic N) is 3. The quantitative estimate of drug-likeness (QED) is 0.516. The highest BCUT2D eigenvalue weighted by molar-refractivity contribution is 5.80. The van der Waals surface area contributed by atoms with E-state index in [0.29, 0.717) is 18.2 Å². The summed E-state index contributed by atoms with van der Waals surface area (Å²) in [5.74, 6) is 1.05. The summed E-state index contributed by atoms with van der Waals surface area (Å²) in [7, 11) is 1.91. The Morgan fingerprint density at radius 2 is 1.84 bits per heavy atom. The average Bonchev–Trinajstić information content (AvgIpc) is 2.86. The predicted octanol–water partition coefficient (Wildman–Crippen LogP) is 3.67. The number of rotatable bonds is 7. The maximum absolute atomic E-state index is 6.19. The molecule has 0 aliphatic carbocycles. The normalized spacial score (nSPS) is 26.3. The van der Waals surface area contributed by atoms with Gasteiger partial charge in [-0.2, -0.15) is 0 Å². The van der Waals surface area contributed by atoms with Crippen LogP contribution in [-0.4, -0.2) is 80.4 Å². The minimum absolute atomic E-state index is 0.311. The molecule has 1 N–H and O–H groups in total. The van der Waals surface area contributed by atoms with Gasteiger partial charge in [-0.3, -0.25) is 9.89 Å². The molecule has 0 aromatic heterocycles. The highest BCUT2D eigenvalue weighted by atomic mass is 16.5. The molecule has 0 amide bonds. The van der Waals surface area contributed by atoms with Gasteiger partial charge in [-0.25, -0.2) is 0 Å². The lowest BCUT2D eigenvalue weighted by molar-refractivity contribution is -0.0721. The number of hydrogen-bond donors (Lipinski definition) is 1. The first-order valence-corrected chi connectivity index (χ1v) is 12.8. The van der Waals surface area contributed by atoms with E-state index in [1.54, 1.807) is 0 Å². The Morgan fingerprint density at radius 1 is 1.03 bits per heavy atom. The van der Waals surface area contributed by atoms with Crippen LogP contribution in [0, 0.1) is 0 Å². The van der Waals surface area contributed by atoms with Crippen LogP contribution in [0.5, 0.6) is 0 Å². The number of piperidine rings is 2. The second kappa shape index (κ2) is 12.6. The molecule has 4 rings (SSSR count). The number of ether oxygens (including phenoxy) is 2. The molecule has 6 heteroatoms. The van der Waals surface area contributed by atoms with E-state index in [4.69, 9.17) is 9.47 Å². The van der Waals surface area contributed by atoms with E-state index in [1.807, 2.05) is 7.05 Å². The van der Waals surface area contributed by atoms with Crippen LogP contribution in [0.25, 0.3) is 0 Å². The maximum Gasteiger partial charge on any atom is 0.193 e. The van der Waals surface area contributed by atoms with Gasteiger partial charge in [0.2, 0.25) is 0 Å². The van der Waals surface area contributed by atoms with E-state index < -0.39 is 0 Å². The third kappa shape index (κ3) is 6.93. The third-order valence-electron chi connectivity index (χ3n) is 7.22. The van der Waals surface area contributed by atoms with Gasteiger partial charge in [0.25, 0.3) is 0 Å². The second-order valence-corrected chi connectivity index (χ2v) is 9.54. The van der Waals surface area contributed by atoms with Crippen molar-refractivity contribution in [1.29, 1.82) is 0 Å². The number of benzene rings is 1. The fraction of sp³-hybridized carbons (Fsp3) is 0.731. The summed E-state index contributed by atoms with van der Waals surface area (Å²) in [6.07, 6.45) is 10.3. The Labute approximate surface area is 194 Å². The lowest BCUT2D eigenvalue weighted by atomic mass is 10.0. The molecule has 0 saturated carbocycles. The SMILES string of the molecule is CN=C(NCC1CCCCN1Cc1ccccc1)N1CCC(OCC2CCCCO2)CC1. The molecule has 1 aromatic carbocycles. The van der Waals surface area contributed by atoms with Gasteiger partial charge in [-0.1, -0.05) is 36.8 Å². The molecule has 2 atom stereocenters. The van der Waals surface area contributed by atoms with E-state index >= 15 is 0 Å². The minimum atomic E-state index is 0.311. The highest BCUT2D eigenvalue weighted by Gasteiger charge is 2.26. The van der Waals surface area contributed by atoms with Crippen LogP contribution in [0.2, 0.25) is 0 Å². The molecule has 3 fully saturated rings. The summed E-state index contributed by atoms with van der Waals surface area (Å²) in [4.78, 5) is 9.65. The second-order valence-electron chi connectivity index (χ2n) is 9.54. The van der Waals surface area contributed by atoms with Gasteiger partial charge in [-0.15, -0.1) is 0 Å². The average molecular weight is 443 g/mol. The van der Waals surface area contributed by atoms with Gasteiger partial charge in [0.05, 0.1) is 18.8 Å². The van der Waals surface area contributed by atoms with Crippen LogP contribution < -0.4 is 5.32 Å². The summed E-state index contributed by atoms with van der Waals surface area (Å²) in [6.45, 7) is 6.87. The molecule has 3 heterocycles. The van der Waals surface area contributed by atoms with Crippen LogP contribution >= 0.6 is 0 Å². The molecule has 6 nitrogen and oxygen atoms in total. The van der Waals surface area contributed by atoms with Gasteiger partial charge in [0.15, 0.2) is 5.96 Å². The zero-order valence-corrected chi connectivity index (χ0v) is 19.9. The predicted molar refractivity (Wildman–Crippen MR) is 130 cm³/mol. The molecule has 3 aliphatic rings. The first kappa shape index (κ1) is 23.5. The van der Waals surface area contributed by atoms with Crippen molar-refractivity contribution < 1.29 is 9.47 Å². The maximum atomic E-state index is 6.19. The topological polar surface area (TPSA) is 49.3 Å². The van der Waals surface area contributed by atoms with Gasteiger partial charge in [-0.05, 0) is 57.1 Å². The Bertz CT molecular complexity index is 684. The van der Waals surface area contributed by atoms with Crippen molar-refractivity contribution in [2.24, 2.45) is 4.99 Å². The monoisotopic (exact) mass is 442 g/mol. The standard InChI is InChI=1S/C26H42N4O2/c1-27-26(29-16-13-24(14-17-29)32-21-25-12-6-8-18-31-25)28-19-23-11-5-7-15-30(23)20-22-9-3-2-4-10-22/h2-4,9-10,23-25H,5-8,11-21H2,1H3,(H,27,28). The Morgan fingerprint density at radius 3 is 2.59 bits per heavy atom. The summed E-state index contributed by atoms with van der Waals surface area (Å²) in [5, 5.41) is 3.70. The zero-order chi connectivity index (χ0) is 22.0. The zero-order valence-electron chi connectivity index (χ0n) is 19.9. The molecular weight excluding hydrogens is 400 g/mol. The highest BCUT2D eigenvalue weighted by Crippen LogP contribution is 2.20. The smallest absolute Gasteiger partial charge is 0.193 e. The van der Waals surface area contributed by atoms with Crippen LogP contribution in [0.3, 0.4) is 0 Å². The van der Waals surface area contributed by atoms with Crippen molar-refractivity contribution in [3.8, 4) is 0 Å². The van der Waals surface area contributed by atoms with Crippen LogP contribution in [-0.2, 0) is 16.0 Å². The minimum Gasteiger partial charge on any atom is -0.376 e. The summed E-state index contributed by atoms with van der Waals surface area (Å²) in [6, 6.07) is 11.4. The van der Waals surface area contributed by atoms with E-state index in [1.165, 1.54) is 44.2 Å². The summed E-state index contributed by atoms with van der Waals surface area (Å²) >= 11 is 0. The summed E-state index contributed by atoms with van der Waals surface area (Å²) < 4.78 is 12.0. The molecule has 3 aliphatic heterocycles. The number of guanidine groups is 1. The van der Waals surface area contributed by atoms with Gasteiger partial charge in [0, 0.05) is 45.9 Å². The Hall–Kier alpha value is -1.63. The molecular formula is C26H42N4O2. The van der Waals surface area contributed by atoms with Gasteiger partial charge >= 0.3 is 0 Å². The van der Waals surface area contributed by atoms with Crippen molar-refractivity contribution in [1.82, 2.24) is 15.1 Å². The van der Waals surface area contributed by atoms with E-state index in [2.05, 4.69) is 50.4 Å². The lowest BCUT2D eigenvalue weighted by Gasteiger charge is -2.38. The first-order chi connectivity index (χ1) is 15.8. The fourth-order valence-corrected chi connectivity index (χ4v) is 5.28. The lowest BCUT2D eigenvalue weighted by Crippen LogP contribution is -2.51. The van der Waals surface area contributed by atoms with Crippen LogP contribution in [0.1, 0.15) is 56.9 Å².